The third kappa shape index (κ3) is 9.24. The third-order valence-corrected chi connectivity index (χ3v) is 5.49. The van der Waals surface area contributed by atoms with E-state index in [2.05, 4.69) is 0 Å². The Morgan fingerprint density at radius 2 is 1.77 bits per heavy atom. The van der Waals surface area contributed by atoms with Gasteiger partial charge >= 0.3 is 6.09 Å². The van der Waals surface area contributed by atoms with Crippen LogP contribution in [0.4, 0.5) is 4.79 Å². The van der Waals surface area contributed by atoms with Gasteiger partial charge in [0, 0.05) is 50.9 Å². The van der Waals surface area contributed by atoms with E-state index in [1.165, 1.54) is 0 Å². The summed E-state index contributed by atoms with van der Waals surface area (Å²) in [6.07, 6.45) is 2.01. The number of amides is 2. The lowest BCUT2D eigenvalue weighted by Gasteiger charge is -2.41. The molecule has 1 aromatic carbocycles. The van der Waals surface area contributed by atoms with E-state index in [1.54, 1.807) is 24.1 Å². The van der Waals surface area contributed by atoms with Gasteiger partial charge in [0.1, 0.15) is 17.1 Å². The molecule has 1 fully saturated rings. The first-order valence-electron chi connectivity index (χ1n) is 12.7. The van der Waals surface area contributed by atoms with Crippen molar-refractivity contribution in [2.24, 2.45) is 0 Å². The highest BCUT2D eigenvalue weighted by Crippen LogP contribution is 2.28. The SMILES string of the molecule is COCCCOc1cc(OC(C)C)cc(C(=O)N(C(C)C)[C@@H]2CCCN(C(=O)OC(C)(C)C)C2)c1. The Labute approximate surface area is 210 Å². The zero-order chi connectivity index (χ0) is 26.2. The van der Waals surface area contributed by atoms with E-state index in [9.17, 15) is 9.59 Å². The van der Waals surface area contributed by atoms with Crippen LogP contribution in [-0.4, -0.2) is 79.0 Å². The average Bonchev–Trinajstić information content (AvgIpc) is 2.75. The van der Waals surface area contributed by atoms with Crippen molar-refractivity contribution in [3.8, 4) is 11.5 Å². The van der Waals surface area contributed by atoms with Gasteiger partial charge in [0.15, 0.2) is 0 Å². The molecule has 0 unspecified atom stereocenters. The van der Waals surface area contributed by atoms with Crippen molar-refractivity contribution in [1.29, 1.82) is 0 Å². The summed E-state index contributed by atoms with van der Waals surface area (Å²) in [6, 6.07) is 5.20. The Morgan fingerprint density at radius 3 is 2.37 bits per heavy atom. The number of piperidine rings is 1. The molecule has 1 atom stereocenters. The van der Waals surface area contributed by atoms with Crippen LogP contribution in [0, 0.1) is 0 Å². The van der Waals surface area contributed by atoms with Gasteiger partial charge in [0.05, 0.1) is 18.8 Å². The zero-order valence-corrected chi connectivity index (χ0v) is 22.8. The first-order valence-corrected chi connectivity index (χ1v) is 12.7. The predicted octanol–water partition coefficient (Wildman–Crippen LogP) is 5.14. The van der Waals surface area contributed by atoms with Gasteiger partial charge in [-0.25, -0.2) is 4.79 Å². The molecule has 198 valence electrons. The zero-order valence-electron chi connectivity index (χ0n) is 22.8. The molecule has 2 amide bonds. The number of carbonyl (C=O) groups excluding carboxylic acids is 2. The van der Waals surface area contributed by atoms with E-state index < -0.39 is 5.60 Å². The molecule has 8 nitrogen and oxygen atoms in total. The number of ether oxygens (including phenoxy) is 4. The molecule has 1 saturated heterocycles. The van der Waals surface area contributed by atoms with E-state index in [4.69, 9.17) is 18.9 Å². The van der Waals surface area contributed by atoms with Gasteiger partial charge in [-0.3, -0.25) is 4.79 Å². The van der Waals surface area contributed by atoms with Crippen LogP contribution in [0.15, 0.2) is 18.2 Å². The fourth-order valence-corrected chi connectivity index (χ4v) is 4.16. The lowest BCUT2D eigenvalue weighted by atomic mass is 10.0. The second-order valence-corrected chi connectivity index (χ2v) is 10.6. The first-order chi connectivity index (χ1) is 16.4. The Balaban J connectivity index is 2.26. The van der Waals surface area contributed by atoms with E-state index in [0.29, 0.717) is 43.4 Å². The lowest BCUT2D eigenvalue weighted by Crippen LogP contribution is -2.54. The summed E-state index contributed by atoms with van der Waals surface area (Å²) in [4.78, 5) is 30.1. The molecular weight excluding hydrogens is 448 g/mol. The van der Waals surface area contributed by atoms with Crippen LogP contribution in [0.5, 0.6) is 11.5 Å². The van der Waals surface area contributed by atoms with Crippen molar-refractivity contribution in [1.82, 2.24) is 9.80 Å². The molecule has 0 aliphatic carbocycles. The molecule has 35 heavy (non-hydrogen) atoms. The van der Waals surface area contributed by atoms with E-state index in [-0.39, 0.29) is 30.2 Å². The van der Waals surface area contributed by atoms with Gasteiger partial charge in [-0.15, -0.1) is 0 Å². The van der Waals surface area contributed by atoms with Crippen molar-refractivity contribution in [3.05, 3.63) is 23.8 Å². The summed E-state index contributed by atoms with van der Waals surface area (Å²) in [5.74, 6) is 1.08. The van der Waals surface area contributed by atoms with Crippen molar-refractivity contribution in [2.45, 2.75) is 91.5 Å². The number of carbonyl (C=O) groups is 2. The van der Waals surface area contributed by atoms with Crippen LogP contribution in [0.3, 0.4) is 0 Å². The summed E-state index contributed by atoms with van der Waals surface area (Å²) < 4.78 is 22.5. The largest absolute Gasteiger partial charge is 0.493 e. The number of likely N-dealkylation sites (tertiary alicyclic amines) is 1. The molecule has 0 spiro atoms. The minimum Gasteiger partial charge on any atom is -0.493 e. The number of benzene rings is 1. The van der Waals surface area contributed by atoms with Crippen molar-refractivity contribution in [3.63, 3.8) is 0 Å². The standard InChI is InChI=1S/C27H44N2O6/c1-19(2)29(22-11-9-12-28(18-22)26(31)35-27(5,6)7)25(30)21-15-23(33-14-10-13-32-8)17-24(16-21)34-20(3)4/h15-17,19-20,22H,9-14,18H2,1-8H3/t22-/m1/s1. The Hall–Kier alpha value is -2.48. The van der Waals surface area contributed by atoms with Crippen LogP contribution in [0.1, 0.15) is 78.1 Å². The molecule has 0 bridgehead atoms. The summed E-state index contributed by atoms with van der Waals surface area (Å²) in [6.45, 7) is 15.6. The number of hydrogen-bond acceptors (Lipinski definition) is 6. The van der Waals surface area contributed by atoms with E-state index in [0.717, 1.165) is 19.3 Å². The first kappa shape index (κ1) is 28.8. The molecule has 1 aromatic rings. The molecule has 0 radical (unpaired) electrons. The monoisotopic (exact) mass is 492 g/mol. The molecular formula is C27H44N2O6. The highest BCUT2D eigenvalue weighted by atomic mass is 16.6. The Kier molecular flexibility index (Phi) is 10.7. The van der Waals surface area contributed by atoms with Gasteiger partial charge in [0.2, 0.25) is 0 Å². The highest BCUT2D eigenvalue weighted by Gasteiger charge is 2.34. The average molecular weight is 493 g/mol. The smallest absolute Gasteiger partial charge is 0.410 e. The van der Waals surface area contributed by atoms with Crippen LogP contribution < -0.4 is 9.47 Å². The third-order valence-electron chi connectivity index (χ3n) is 5.49. The molecule has 0 N–H and O–H groups in total. The maximum absolute atomic E-state index is 13.8. The number of methoxy groups -OCH3 is 1. The van der Waals surface area contributed by atoms with Gasteiger partial charge in [-0.1, -0.05) is 0 Å². The molecule has 1 heterocycles. The Morgan fingerprint density at radius 1 is 1.09 bits per heavy atom. The van der Waals surface area contributed by atoms with E-state index >= 15 is 0 Å². The van der Waals surface area contributed by atoms with Crippen molar-refractivity contribution >= 4 is 12.0 Å². The Bertz CT molecular complexity index is 833. The summed E-state index contributed by atoms with van der Waals surface area (Å²) in [7, 11) is 1.66. The van der Waals surface area contributed by atoms with E-state index in [1.807, 2.05) is 59.4 Å². The van der Waals surface area contributed by atoms with Crippen LogP contribution in [0.25, 0.3) is 0 Å². The molecule has 1 aliphatic heterocycles. The number of rotatable bonds is 10. The van der Waals surface area contributed by atoms with Crippen LogP contribution >= 0.6 is 0 Å². The van der Waals surface area contributed by atoms with Gasteiger partial charge < -0.3 is 28.7 Å². The maximum atomic E-state index is 13.8. The number of hydrogen-bond donors (Lipinski definition) is 0. The second-order valence-electron chi connectivity index (χ2n) is 10.6. The topological polar surface area (TPSA) is 77.5 Å². The lowest BCUT2D eigenvalue weighted by molar-refractivity contribution is 0.00751. The quantitative estimate of drug-likeness (QED) is 0.421. The number of nitrogens with zero attached hydrogens (tertiary/aromatic N) is 2. The fraction of sp³-hybridized carbons (Fsp3) is 0.704. The van der Waals surface area contributed by atoms with Crippen molar-refractivity contribution in [2.75, 3.05) is 33.4 Å². The second kappa shape index (κ2) is 13.0. The fourth-order valence-electron chi connectivity index (χ4n) is 4.16. The summed E-state index contributed by atoms with van der Waals surface area (Å²) in [5, 5.41) is 0. The summed E-state index contributed by atoms with van der Waals surface area (Å²) in [5.41, 5.74) is -0.0540. The highest BCUT2D eigenvalue weighted by molar-refractivity contribution is 5.95. The van der Waals surface area contributed by atoms with Crippen LogP contribution in [0.2, 0.25) is 0 Å². The van der Waals surface area contributed by atoms with Crippen molar-refractivity contribution < 1.29 is 28.5 Å². The normalized spacial score (nSPS) is 16.4. The molecule has 2 rings (SSSR count). The maximum Gasteiger partial charge on any atom is 0.410 e. The minimum absolute atomic E-state index is 0.0383. The van der Waals surface area contributed by atoms with Gasteiger partial charge in [0.25, 0.3) is 5.91 Å². The molecule has 0 aromatic heterocycles. The predicted molar refractivity (Wildman–Crippen MR) is 136 cm³/mol. The van der Waals surface area contributed by atoms with Gasteiger partial charge in [-0.2, -0.15) is 0 Å². The summed E-state index contributed by atoms with van der Waals surface area (Å²) >= 11 is 0. The van der Waals surface area contributed by atoms with Crippen LogP contribution in [-0.2, 0) is 9.47 Å². The minimum atomic E-state index is -0.561. The molecule has 0 saturated carbocycles. The van der Waals surface area contributed by atoms with Gasteiger partial charge in [-0.05, 0) is 73.4 Å². The molecule has 8 heteroatoms. The molecule has 1 aliphatic rings.